The Morgan fingerprint density at radius 1 is 0.800 bits per heavy atom. The summed E-state index contributed by atoms with van der Waals surface area (Å²) in [6.07, 6.45) is 0.958. The van der Waals surface area contributed by atoms with E-state index >= 15 is 0 Å². The molecule has 0 amide bonds. The molecule has 0 radical (unpaired) electrons. The second-order valence-corrected chi connectivity index (χ2v) is 6.16. The molecule has 0 saturated carbocycles. The third kappa shape index (κ3) is 4.81. The van der Waals surface area contributed by atoms with Crippen LogP contribution in [0.5, 0.6) is 0 Å². The third-order valence-corrected chi connectivity index (χ3v) is 4.27. The molecule has 5 N–H and O–H groups in total. The quantitative estimate of drug-likeness (QED) is 0.578. The highest BCUT2D eigenvalue weighted by molar-refractivity contribution is 5.47. The van der Waals surface area contributed by atoms with E-state index in [0.717, 1.165) is 25.1 Å². The Hall–Kier alpha value is -2.85. The van der Waals surface area contributed by atoms with E-state index in [0.29, 0.717) is 11.6 Å². The van der Waals surface area contributed by atoms with Gasteiger partial charge in [0.15, 0.2) is 0 Å². The molecule has 0 fully saturated rings. The highest BCUT2D eigenvalue weighted by Gasteiger charge is 2.15. The number of benzene rings is 2. The first-order chi connectivity index (χ1) is 12.2. The van der Waals surface area contributed by atoms with Crippen molar-refractivity contribution in [2.24, 2.45) is 0 Å². The zero-order chi connectivity index (χ0) is 17.5. The molecule has 0 saturated heterocycles. The Morgan fingerprint density at radius 2 is 1.40 bits per heavy atom. The average Bonchev–Trinajstić information content (AvgIpc) is 2.62. The largest absolute Gasteiger partial charge is 0.384 e. The molecule has 1 aromatic heterocycles. The van der Waals surface area contributed by atoms with Crippen molar-refractivity contribution in [1.29, 1.82) is 0 Å². The molecule has 25 heavy (non-hydrogen) atoms. The molecule has 1 atom stereocenters. The van der Waals surface area contributed by atoms with Gasteiger partial charge in [-0.05, 0) is 41.8 Å². The van der Waals surface area contributed by atoms with Crippen molar-refractivity contribution in [3.63, 3.8) is 0 Å². The van der Waals surface area contributed by atoms with Gasteiger partial charge >= 0.3 is 0 Å². The first kappa shape index (κ1) is 17.0. The van der Waals surface area contributed by atoms with E-state index in [1.807, 2.05) is 24.3 Å². The van der Waals surface area contributed by atoms with Gasteiger partial charge in [-0.2, -0.15) is 0 Å². The van der Waals surface area contributed by atoms with Crippen molar-refractivity contribution in [2.45, 2.75) is 18.9 Å². The van der Waals surface area contributed by atoms with Gasteiger partial charge in [0.05, 0.1) is 0 Å². The van der Waals surface area contributed by atoms with Crippen LogP contribution in [0.4, 0.5) is 11.6 Å². The molecule has 2 aromatic carbocycles. The molecule has 128 valence electrons. The third-order valence-electron chi connectivity index (χ3n) is 4.27. The minimum absolute atomic E-state index is 0.233. The van der Waals surface area contributed by atoms with Crippen molar-refractivity contribution in [3.05, 3.63) is 89.5 Å². The van der Waals surface area contributed by atoms with Gasteiger partial charge in [0.25, 0.3) is 0 Å². The first-order valence-corrected chi connectivity index (χ1v) is 8.55. The van der Waals surface area contributed by atoms with Crippen LogP contribution in [0.3, 0.4) is 0 Å². The number of hydrogen-bond acceptors (Lipinski definition) is 4. The second kappa shape index (κ2) is 8.31. The van der Waals surface area contributed by atoms with Crippen LogP contribution in [0.15, 0.2) is 72.8 Å². The molecule has 3 aromatic rings. The lowest BCUT2D eigenvalue weighted by atomic mass is 9.89. The van der Waals surface area contributed by atoms with E-state index in [1.54, 1.807) is 0 Å². The number of nitrogens with two attached hydrogens (primary N) is 2. The molecule has 0 aliphatic carbocycles. The molecule has 1 heterocycles. The summed E-state index contributed by atoms with van der Waals surface area (Å²) >= 11 is 0. The van der Waals surface area contributed by atoms with Crippen LogP contribution in [-0.2, 0) is 6.54 Å². The molecular formula is C21H24N4. The summed E-state index contributed by atoms with van der Waals surface area (Å²) in [5.41, 5.74) is 15.5. The van der Waals surface area contributed by atoms with Gasteiger partial charge in [0.2, 0.25) is 0 Å². The zero-order valence-corrected chi connectivity index (χ0v) is 14.2. The van der Waals surface area contributed by atoms with Crippen LogP contribution in [0.25, 0.3) is 0 Å². The summed E-state index contributed by atoms with van der Waals surface area (Å²) in [6.45, 7) is 1.76. The number of pyridine rings is 1. The maximum Gasteiger partial charge on any atom is 0.126 e. The van der Waals surface area contributed by atoms with Gasteiger partial charge in [-0.15, -0.1) is 0 Å². The van der Waals surface area contributed by atoms with Crippen LogP contribution >= 0.6 is 0 Å². The number of hydrogen-bond donors (Lipinski definition) is 3. The maximum atomic E-state index is 5.90. The standard InChI is InChI=1S/C21H24N4/c22-20-13-18(14-21(23)25-20)19(17-9-5-2-6-10-17)11-12-24-15-16-7-3-1-4-8-16/h1-10,13-14,19,24H,11-12,15H2,(H4,22,23,25). The lowest BCUT2D eigenvalue weighted by Gasteiger charge is -2.19. The minimum Gasteiger partial charge on any atom is -0.384 e. The smallest absolute Gasteiger partial charge is 0.126 e. The number of rotatable bonds is 7. The summed E-state index contributed by atoms with van der Waals surface area (Å²) < 4.78 is 0. The highest BCUT2D eigenvalue weighted by atomic mass is 14.9. The normalized spacial score (nSPS) is 12.0. The Balaban J connectivity index is 1.71. The molecule has 0 aliphatic rings. The van der Waals surface area contributed by atoms with Crippen LogP contribution in [0.2, 0.25) is 0 Å². The average molecular weight is 332 g/mol. The van der Waals surface area contributed by atoms with Gasteiger partial charge in [-0.25, -0.2) is 4.98 Å². The summed E-state index contributed by atoms with van der Waals surface area (Å²) in [7, 11) is 0. The van der Waals surface area contributed by atoms with Crippen molar-refractivity contribution in [3.8, 4) is 0 Å². The highest BCUT2D eigenvalue weighted by Crippen LogP contribution is 2.29. The lowest BCUT2D eigenvalue weighted by Crippen LogP contribution is -2.18. The van der Waals surface area contributed by atoms with Crippen molar-refractivity contribution < 1.29 is 0 Å². The molecule has 3 rings (SSSR count). The molecule has 0 aliphatic heterocycles. The summed E-state index contributed by atoms with van der Waals surface area (Å²) in [4.78, 5) is 4.09. The molecule has 4 nitrogen and oxygen atoms in total. The maximum absolute atomic E-state index is 5.90. The zero-order valence-electron chi connectivity index (χ0n) is 14.2. The topological polar surface area (TPSA) is 77.0 Å². The molecule has 1 unspecified atom stereocenters. The predicted molar refractivity (Wildman–Crippen MR) is 104 cm³/mol. The Bertz CT molecular complexity index is 767. The van der Waals surface area contributed by atoms with E-state index in [4.69, 9.17) is 11.5 Å². The molecule has 0 bridgehead atoms. The van der Waals surface area contributed by atoms with Gasteiger partial charge in [0, 0.05) is 12.5 Å². The fourth-order valence-electron chi connectivity index (χ4n) is 3.08. The fourth-order valence-corrected chi connectivity index (χ4v) is 3.08. The van der Waals surface area contributed by atoms with E-state index in [1.165, 1.54) is 11.1 Å². The molecule has 0 spiro atoms. The van der Waals surface area contributed by atoms with Crippen LogP contribution in [-0.4, -0.2) is 11.5 Å². The number of aromatic nitrogens is 1. The second-order valence-electron chi connectivity index (χ2n) is 6.16. The number of anilines is 2. The molecule has 4 heteroatoms. The van der Waals surface area contributed by atoms with Gasteiger partial charge < -0.3 is 16.8 Å². The van der Waals surface area contributed by atoms with E-state index < -0.39 is 0 Å². The Kier molecular flexibility index (Phi) is 5.65. The van der Waals surface area contributed by atoms with E-state index in [-0.39, 0.29) is 5.92 Å². The van der Waals surface area contributed by atoms with Crippen molar-refractivity contribution >= 4 is 11.6 Å². The molecular weight excluding hydrogens is 308 g/mol. The predicted octanol–water partition coefficient (Wildman–Crippen LogP) is 3.56. The SMILES string of the molecule is Nc1cc(C(CCNCc2ccccc2)c2ccccc2)cc(N)n1. The Labute approximate surface area is 148 Å². The first-order valence-electron chi connectivity index (χ1n) is 8.55. The fraction of sp³-hybridized carbons (Fsp3) is 0.190. The van der Waals surface area contributed by atoms with Crippen molar-refractivity contribution in [2.75, 3.05) is 18.0 Å². The van der Waals surface area contributed by atoms with Gasteiger partial charge in [-0.3, -0.25) is 0 Å². The van der Waals surface area contributed by atoms with Gasteiger partial charge in [0.1, 0.15) is 11.6 Å². The number of nitrogens with zero attached hydrogens (tertiary/aromatic N) is 1. The van der Waals surface area contributed by atoms with Gasteiger partial charge in [-0.1, -0.05) is 60.7 Å². The Morgan fingerprint density at radius 3 is 2.04 bits per heavy atom. The summed E-state index contributed by atoms with van der Waals surface area (Å²) in [5, 5.41) is 3.52. The van der Waals surface area contributed by atoms with Crippen LogP contribution in [0, 0.1) is 0 Å². The van der Waals surface area contributed by atoms with Crippen LogP contribution in [0.1, 0.15) is 29.0 Å². The lowest BCUT2D eigenvalue weighted by molar-refractivity contribution is 0.611. The van der Waals surface area contributed by atoms with Crippen LogP contribution < -0.4 is 16.8 Å². The summed E-state index contributed by atoms with van der Waals surface area (Å²) in [6, 6.07) is 24.7. The van der Waals surface area contributed by atoms with Crippen molar-refractivity contribution in [1.82, 2.24) is 10.3 Å². The van der Waals surface area contributed by atoms with E-state index in [9.17, 15) is 0 Å². The van der Waals surface area contributed by atoms with E-state index in [2.05, 4.69) is 58.8 Å². The monoisotopic (exact) mass is 332 g/mol. The number of nitrogen functional groups attached to an aromatic ring is 2. The summed E-state index contributed by atoms with van der Waals surface area (Å²) in [5.74, 6) is 1.17. The number of nitrogens with one attached hydrogen (secondary N) is 1. The minimum atomic E-state index is 0.233.